The van der Waals surface area contributed by atoms with E-state index in [9.17, 15) is 19.5 Å². The Balaban J connectivity index is 2.62. The fourth-order valence-corrected chi connectivity index (χ4v) is 2.37. The van der Waals surface area contributed by atoms with Gasteiger partial charge in [-0.1, -0.05) is 12.8 Å². The molecule has 0 aromatic carbocycles. The molecule has 6 heteroatoms. The van der Waals surface area contributed by atoms with Crippen molar-refractivity contribution in [3.8, 4) is 0 Å². The van der Waals surface area contributed by atoms with Crippen LogP contribution in [0, 0.1) is 5.41 Å². The molecule has 0 atom stereocenters. The van der Waals surface area contributed by atoms with E-state index in [0.717, 1.165) is 12.8 Å². The first-order valence-corrected chi connectivity index (χ1v) is 6.46. The highest BCUT2D eigenvalue weighted by Gasteiger charge is 2.43. The van der Waals surface area contributed by atoms with Crippen LogP contribution in [0.15, 0.2) is 0 Å². The van der Waals surface area contributed by atoms with Crippen LogP contribution in [-0.4, -0.2) is 60.4 Å². The third kappa shape index (κ3) is 3.68. The molecule has 1 aliphatic carbocycles. The van der Waals surface area contributed by atoms with E-state index < -0.39 is 11.4 Å². The average molecular weight is 270 g/mol. The van der Waals surface area contributed by atoms with E-state index in [0.29, 0.717) is 12.8 Å². The van der Waals surface area contributed by atoms with E-state index in [1.165, 1.54) is 16.8 Å². The highest BCUT2D eigenvalue weighted by Crippen LogP contribution is 2.41. The highest BCUT2D eigenvalue weighted by molar-refractivity contribution is 5.88. The van der Waals surface area contributed by atoms with Crippen molar-refractivity contribution in [3.05, 3.63) is 0 Å². The number of aliphatic carboxylic acids is 1. The topological polar surface area (TPSA) is 77.9 Å². The minimum Gasteiger partial charge on any atom is -0.481 e. The molecule has 0 spiro atoms. The van der Waals surface area contributed by atoms with Gasteiger partial charge in [-0.15, -0.1) is 0 Å². The van der Waals surface area contributed by atoms with Crippen LogP contribution in [0.2, 0.25) is 0 Å². The van der Waals surface area contributed by atoms with Gasteiger partial charge in [0.25, 0.3) is 0 Å². The summed E-state index contributed by atoms with van der Waals surface area (Å²) in [7, 11) is 4.78. The number of carbonyl (C=O) groups excluding carboxylic acids is 2. The van der Waals surface area contributed by atoms with Crippen LogP contribution in [0.1, 0.15) is 32.1 Å². The number of rotatable bonds is 5. The Bertz CT molecular complexity index is 373. The van der Waals surface area contributed by atoms with E-state index in [1.807, 2.05) is 0 Å². The second-order valence-electron chi connectivity index (χ2n) is 5.51. The van der Waals surface area contributed by atoms with Crippen LogP contribution in [0.25, 0.3) is 0 Å². The van der Waals surface area contributed by atoms with Gasteiger partial charge in [0.2, 0.25) is 11.8 Å². The van der Waals surface area contributed by atoms with Crippen LogP contribution in [0.4, 0.5) is 0 Å². The summed E-state index contributed by atoms with van der Waals surface area (Å²) >= 11 is 0. The summed E-state index contributed by atoms with van der Waals surface area (Å²) in [6.45, 7) is -0.0124. The molecular weight excluding hydrogens is 248 g/mol. The fourth-order valence-electron chi connectivity index (χ4n) is 2.37. The van der Waals surface area contributed by atoms with Crippen molar-refractivity contribution >= 4 is 17.8 Å². The number of amides is 2. The van der Waals surface area contributed by atoms with E-state index in [-0.39, 0.29) is 24.8 Å². The maximum Gasteiger partial charge on any atom is 0.310 e. The Morgan fingerprint density at radius 2 is 1.58 bits per heavy atom. The monoisotopic (exact) mass is 270 g/mol. The van der Waals surface area contributed by atoms with E-state index in [2.05, 4.69) is 0 Å². The third-order valence-electron chi connectivity index (χ3n) is 3.80. The molecule has 1 rings (SSSR count). The molecule has 0 bridgehead atoms. The number of hydrogen-bond donors (Lipinski definition) is 1. The zero-order valence-electron chi connectivity index (χ0n) is 11.8. The van der Waals surface area contributed by atoms with Crippen molar-refractivity contribution in [2.24, 2.45) is 5.41 Å². The summed E-state index contributed by atoms with van der Waals surface area (Å²) in [5.74, 6) is -1.35. The largest absolute Gasteiger partial charge is 0.481 e. The predicted molar refractivity (Wildman–Crippen MR) is 69.5 cm³/mol. The van der Waals surface area contributed by atoms with E-state index in [1.54, 1.807) is 14.1 Å². The molecule has 0 saturated heterocycles. The number of nitrogens with zero attached hydrogens (tertiary/aromatic N) is 2. The highest BCUT2D eigenvalue weighted by atomic mass is 16.4. The normalized spacial score (nSPS) is 17.0. The molecule has 108 valence electrons. The van der Waals surface area contributed by atoms with Crippen LogP contribution < -0.4 is 0 Å². The smallest absolute Gasteiger partial charge is 0.310 e. The lowest BCUT2D eigenvalue weighted by Crippen LogP contribution is -2.41. The van der Waals surface area contributed by atoms with Gasteiger partial charge in [0.1, 0.15) is 0 Å². The molecule has 0 heterocycles. The summed E-state index contributed by atoms with van der Waals surface area (Å²) in [4.78, 5) is 37.7. The summed E-state index contributed by atoms with van der Waals surface area (Å²) < 4.78 is 0. The van der Waals surface area contributed by atoms with Gasteiger partial charge in [0.15, 0.2) is 0 Å². The molecule has 1 fully saturated rings. The predicted octanol–water partition coefficient (Wildman–Crippen LogP) is 0.568. The van der Waals surface area contributed by atoms with Gasteiger partial charge < -0.3 is 14.9 Å². The molecule has 6 nitrogen and oxygen atoms in total. The van der Waals surface area contributed by atoms with Crippen molar-refractivity contribution in [1.29, 1.82) is 0 Å². The van der Waals surface area contributed by atoms with Gasteiger partial charge in [-0.2, -0.15) is 0 Å². The van der Waals surface area contributed by atoms with Crippen molar-refractivity contribution in [1.82, 2.24) is 9.80 Å². The Morgan fingerprint density at radius 3 is 2.00 bits per heavy atom. The molecule has 0 aromatic heterocycles. The second-order valence-corrected chi connectivity index (χ2v) is 5.51. The molecule has 1 aliphatic rings. The molecule has 1 N–H and O–H groups in total. The van der Waals surface area contributed by atoms with Crippen molar-refractivity contribution in [2.45, 2.75) is 32.1 Å². The number of carbonyl (C=O) groups is 3. The summed E-state index contributed by atoms with van der Waals surface area (Å²) in [5.41, 5.74) is -0.924. The van der Waals surface area contributed by atoms with Crippen LogP contribution in [0.5, 0.6) is 0 Å². The fraction of sp³-hybridized carbons (Fsp3) is 0.769. The van der Waals surface area contributed by atoms with Crippen molar-refractivity contribution in [2.75, 3.05) is 27.7 Å². The van der Waals surface area contributed by atoms with E-state index >= 15 is 0 Å². The van der Waals surface area contributed by atoms with Gasteiger partial charge in [-0.3, -0.25) is 14.4 Å². The molecular formula is C13H22N2O4. The summed E-state index contributed by atoms with van der Waals surface area (Å²) in [5, 5.41) is 9.32. The molecule has 2 amide bonds. The Hall–Kier alpha value is -1.59. The Labute approximate surface area is 113 Å². The van der Waals surface area contributed by atoms with Gasteiger partial charge in [0.05, 0.1) is 12.0 Å². The minimum absolute atomic E-state index is 0.0124. The molecule has 0 aromatic rings. The number of hydrogen-bond acceptors (Lipinski definition) is 3. The lowest BCUT2D eigenvalue weighted by Gasteiger charge is -2.26. The maximum atomic E-state index is 12.1. The van der Waals surface area contributed by atoms with Gasteiger partial charge in [-0.05, 0) is 12.8 Å². The summed E-state index contributed by atoms with van der Waals surface area (Å²) in [6.07, 6.45) is 2.77. The maximum absolute atomic E-state index is 12.1. The van der Waals surface area contributed by atoms with E-state index in [4.69, 9.17) is 0 Å². The number of carboxylic acids is 1. The SMILES string of the molecule is CN(C)C(=O)CN(C)C(=O)CC1(C(=O)O)CCCC1. The lowest BCUT2D eigenvalue weighted by molar-refractivity contribution is -0.153. The zero-order chi connectivity index (χ0) is 14.6. The first-order chi connectivity index (χ1) is 8.78. The molecule has 0 radical (unpaired) electrons. The Kier molecular flexibility index (Phi) is 4.91. The first-order valence-electron chi connectivity index (χ1n) is 6.46. The van der Waals surface area contributed by atoms with Crippen LogP contribution >= 0.6 is 0 Å². The number of carboxylic acid groups (broad SMARTS) is 1. The molecule has 0 unspecified atom stereocenters. The first kappa shape index (κ1) is 15.5. The van der Waals surface area contributed by atoms with Crippen molar-refractivity contribution in [3.63, 3.8) is 0 Å². The zero-order valence-corrected chi connectivity index (χ0v) is 11.8. The van der Waals surface area contributed by atoms with Crippen molar-refractivity contribution < 1.29 is 19.5 Å². The minimum atomic E-state index is -0.924. The molecule has 0 aliphatic heterocycles. The number of likely N-dealkylation sites (N-methyl/N-ethyl adjacent to an activating group) is 2. The average Bonchev–Trinajstić information content (AvgIpc) is 2.78. The summed E-state index contributed by atoms with van der Waals surface area (Å²) in [6, 6.07) is 0. The van der Waals surface area contributed by atoms with Crippen LogP contribution in [-0.2, 0) is 14.4 Å². The van der Waals surface area contributed by atoms with Gasteiger partial charge in [-0.25, -0.2) is 0 Å². The second kappa shape index (κ2) is 6.04. The standard InChI is InChI=1S/C13H22N2O4/c1-14(2)11(17)9-15(3)10(16)8-13(12(18)19)6-4-5-7-13/h4-9H2,1-3H3,(H,18,19). The quantitative estimate of drug-likeness (QED) is 0.792. The van der Waals surface area contributed by atoms with Gasteiger partial charge in [0, 0.05) is 27.6 Å². The van der Waals surface area contributed by atoms with Gasteiger partial charge >= 0.3 is 5.97 Å². The molecule has 19 heavy (non-hydrogen) atoms. The molecule has 1 saturated carbocycles. The lowest BCUT2D eigenvalue weighted by atomic mass is 9.82. The van der Waals surface area contributed by atoms with Crippen LogP contribution in [0.3, 0.4) is 0 Å². The third-order valence-corrected chi connectivity index (χ3v) is 3.80. The Morgan fingerprint density at radius 1 is 1.05 bits per heavy atom.